The summed E-state index contributed by atoms with van der Waals surface area (Å²) in [6, 6.07) is -0.266. The molecule has 0 bridgehead atoms. The molecule has 0 N–H and O–H groups in total. The molecule has 1 aromatic rings. The molecule has 68 valence electrons. The van der Waals surface area contributed by atoms with Gasteiger partial charge in [-0.2, -0.15) is 0 Å². The van der Waals surface area contributed by atoms with E-state index in [0.29, 0.717) is 0 Å². The molecule has 0 aliphatic rings. The van der Waals surface area contributed by atoms with Gasteiger partial charge in [0, 0.05) is 25.6 Å². The Balaban J connectivity index is 2.82. The summed E-state index contributed by atoms with van der Waals surface area (Å²) in [6.45, 7) is 3.49. The lowest BCUT2D eigenvalue weighted by Gasteiger charge is -2.10. The van der Waals surface area contributed by atoms with Crippen molar-refractivity contribution in [2.45, 2.75) is 0 Å². The van der Waals surface area contributed by atoms with Gasteiger partial charge >= 0.3 is 6.03 Å². The summed E-state index contributed by atoms with van der Waals surface area (Å²) in [5, 5.41) is 0. The maximum absolute atomic E-state index is 11.5. The van der Waals surface area contributed by atoms with Crippen LogP contribution in [0, 0.1) is 0 Å². The molecule has 0 saturated heterocycles. The van der Waals surface area contributed by atoms with Crippen molar-refractivity contribution < 1.29 is 4.79 Å². The molecule has 1 amide bonds. The maximum Gasteiger partial charge on any atom is 0.338 e. The van der Waals surface area contributed by atoms with Gasteiger partial charge in [0.2, 0.25) is 0 Å². The fourth-order valence-corrected chi connectivity index (χ4v) is 0.805. The molecule has 1 rings (SSSR count). The van der Waals surface area contributed by atoms with Crippen LogP contribution in [0.25, 0.3) is 0 Å². The van der Waals surface area contributed by atoms with Crippen LogP contribution in [0.4, 0.5) is 4.79 Å². The zero-order valence-electron chi connectivity index (χ0n) is 7.29. The van der Waals surface area contributed by atoms with Crippen molar-refractivity contribution in [3.8, 4) is 0 Å². The molecule has 1 aromatic heterocycles. The van der Waals surface area contributed by atoms with Crippen LogP contribution < -0.4 is 0 Å². The molecule has 0 atom stereocenters. The van der Waals surface area contributed by atoms with E-state index in [1.165, 1.54) is 34.5 Å². The van der Waals surface area contributed by atoms with E-state index in [1.807, 2.05) is 0 Å². The highest BCUT2D eigenvalue weighted by Crippen LogP contribution is 1.93. The van der Waals surface area contributed by atoms with Gasteiger partial charge in [-0.25, -0.2) is 9.78 Å². The standard InChI is InChI=1S/C8H10N4O/c1-3-11(6-9-2)8(13)12-5-4-10-7-12/h3-7H,1H2,2H3. The van der Waals surface area contributed by atoms with Gasteiger partial charge in [-0.15, -0.1) is 0 Å². The van der Waals surface area contributed by atoms with Crippen molar-refractivity contribution in [3.63, 3.8) is 0 Å². The van der Waals surface area contributed by atoms with Gasteiger partial charge in [-0.05, 0) is 0 Å². The fraction of sp³-hybridized carbons (Fsp3) is 0.125. The van der Waals surface area contributed by atoms with Gasteiger partial charge in [0.05, 0.1) is 6.34 Å². The first kappa shape index (κ1) is 9.18. The Kier molecular flexibility index (Phi) is 2.97. The third kappa shape index (κ3) is 2.02. The molecule has 5 heteroatoms. The smallest absolute Gasteiger partial charge is 0.278 e. The van der Waals surface area contributed by atoms with Gasteiger partial charge < -0.3 is 0 Å². The fourth-order valence-electron chi connectivity index (χ4n) is 0.805. The molecule has 1 heterocycles. The quantitative estimate of drug-likeness (QED) is 0.500. The Hall–Kier alpha value is -1.91. The first-order valence-corrected chi connectivity index (χ1v) is 3.65. The first-order chi connectivity index (χ1) is 6.29. The average Bonchev–Trinajstić information content (AvgIpc) is 2.65. The summed E-state index contributed by atoms with van der Waals surface area (Å²) < 4.78 is 1.34. The number of carbonyl (C=O) groups is 1. The van der Waals surface area contributed by atoms with E-state index in [1.54, 1.807) is 13.2 Å². The second-order valence-electron chi connectivity index (χ2n) is 2.22. The zero-order chi connectivity index (χ0) is 9.68. The Morgan fingerprint density at radius 3 is 3.00 bits per heavy atom. The second-order valence-corrected chi connectivity index (χ2v) is 2.22. The highest BCUT2D eigenvalue weighted by molar-refractivity contribution is 5.88. The van der Waals surface area contributed by atoms with Gasteiger partial charge in [0.25, 0.3) is 0 Å². The Labute approximate surface area is 76.0 Å². The number of nitrogens with zero attached hydrogens (tertiary/aromatic N) is 4. The molecule has 0 aliphatic heterocycles. The molecule has 5 nitrogen and oxygen atoms in total. The average molecular weight is 178 g/mol. The zero-order valence-corrected chi connectivity index (χ0v) is 7.29. The van der Waals surface area contributed by atoms with Crippen LogP contribution in [0.1, 0.15) is 0 Å². The van der Waals surface area contributed by atoms with Gasteiger partial charge in [-0.1, -0.05) is 6.58 Å². The van der Waals surface area contributed by atoms with E-state index < -0.39 is 0 Å². The summed E-state index contributed by atoms with van der Waals surface area (Å²) in [7, 11) is 1.58. The summed E-state index contributed by atoms with van der Waals surface area (Å²) in [4.78, 5) is 20.2. The molecule has 13 heavy (non-hydrogen) atoms. The summed E-state index contributed by atoms with van der Waals surface area (Å²) in [6.07, 6.45) is 7.28. The van der Waals surface area contributed by atoms with E-state index >= 15 is 0 Å². The highest BCUT2D eigenvalue weighted by atomic mass is 16.2. The van der Waals surface area contributed by atoms with Crippen molar-refractivity contribution in [3.05, 3.63) is 31.5 Å². The van der Waals surface area contributed by atoms with E-state index in [-0.39, 0.29) is 6.03 Å². The largest absolute Gasteiger partial charge is 0.338 e. The minimum absolute atomic E-state index is 0.266. The van der Waals surface area contributed by atoms with Gasteiger partial charge in [0.15, 0.2) is 0 Å². The molecular weight excluding hydrogens is 168 g/mol. The van der Waals surface area contributed by atoms with Crippen molar-refractivity contribution >= 4 is 12.4 Å². The summed E-state index contributed by atoms with van der Waals surface area (Å²) in [5.41, 5.74) is 0. The van der Waals surface area contributed by atoms with Crippen LogP contribution in [0.3, 0.4) is 0 Å². The monoisotopic (exact) mass is 178 g/mol. The molecule has 0 unspecified atom stereocenters. The van der Waals surface area contributed by atoms with Crippen LogP contribution in [0.2, 0.25) is 0 Å². The Morgan fingerprint density at radius 1 is 1.77 bits per heavy atom. The van der Waals surface area contributed by atoms with E-state index in [0.717, 1.165) is 0 Å². The third-order valence-electron chi connectivity index (χ3n) is 1.38. The van der Waals surface area contributed by atoms with Crippen molar-refractivity contribution in [2.75, 3.05) is 7.05 Å². The minimum Gasteiger partial charge on any atom is -0.278 e. The van der Waals surface area contributed by atoms with Crippen LogP contribution >= 0.6 is 0 Å². The maximum atomic E-state index is 11.5. The highest BCUT2D eigenvalue weighted by Gasteiger charge is 2.08. The second kappa shape index (κ2) is 4.20. The van der Waals surface area contributed by atoms with Crippen LogP contribution in [0.5, 0.6) is 0 Å². The number of amides is 1. The van der Waals surface area contributed by atoms with Gasteiger partial charge in [-0.3, -0.25) is 14.5 Å². The minimum atomic E-state index is -0.266. The van der Waals surface area contributed by atoms with Crippen LogP contribution in [0.15, 0.2) is 36.5 Å². The Morgan fingerprint density at radius 2 is 2.54 bits per heavy atom. The van der Waals surface area contributed by atoms with Crippen molar-refractivity contribution in [2.24, 2.45) is 4.99 Å². The van der Waals surface area contributed by atoms with Crippen LogP contribution in [-0.2, 0) is 0 Å². The summed E-state index contributed by atoms with van der Waals surface area (Å²) >= 11 is 0. The number of aromatic nitrogens is 2. The summed E-state index contributed by atoms with van der Waals surface area (Å²) in [5.74, 6) is 0. The van der Waals surface area contributed by atoms with E-state index in [9.17, 15) is 4.79 Å². The number of aliphatic imine (C=N–C) groups is 1. The SMILES string of the molecule is C=CN(C=NC)C(=O)n1ccnc1. The molecule has 0 radical (unpaired) electrons. The molecule has 0 spiro atoms. The van der Waals surface area contributed by atoms with Gasteiger partial charge in [0.1, 0.15) is 6.33 Å². The van der Waals surface area contributed by atoms with E-state index in [2.05, 4.69) is 16.6 Å². The molecular formula is C8H10N4O. The normalized spacial score (nSPS) is 10.2. The first-order valence-electron chi connectivity index (χ1n) is 3.65. The number of imidazole rings is 1. The molecule has 0 saturated carbocycles. The van der Waals surface area contributed by atoms with Crippen molar-refractivity contribution in [1.29, 1.82) is 0 Å². The number of rotatable bonds is 2. The topological polar surface area (TPSA) is 50.5 Å². The predicted octanol–water partition coefficient (Wildman–Crippen LogP) is 0.955. The Bertz CT molecular complexity index is 315. The molecule has 0 aliphatic carbocycles. The van der Waals surface area contributed by atoms with Crippen molar-refractivity contribution in [1.82, 2.24) is 14.5 Å². The number of hydrogen-bond donors (Lipinski definition) is 0. The number of hydrogen-bond acceptors (Lipinski definition) is 3. The molecule has 0 fully saturated rings. The number of carbonyl (C=O) groups excluding carboxylic acids is 1. The third-order valence-corrected chi connectivity index (χ3v) is 1.38. The lowest BCUT2D eigenvalue weighted by molar-refractivity contribution is 0.232. The van der Waals surface area contributed by atoms with Crippen LogP contribution in [-0.4, -0.2) is 33.9 Å². The molecule has 0 aromatic carbocycles. The lowest BCUT2D eigenvalue weighted by atomic mass is 10.7. The lowest BCUT2D eigenvalue weighted by Crippen LogP contribution is -2.27. The predicted molar refractivity (Wildman–Crippen MR) is 49.5 cm³/mol. The van der Waals surface area contributed by atoms with E-state index in [4.69, 9.17) is 0 Å².